The molecule has 6 nitrogen and oxygen atoms in total. The molecule has 6 heteroatoms. The summed E-state index contributed by atoms with van der Waals surface area (Å²) < 4.78 is 7.69. The third-order valence-corrected chi connectivity index (χ3v) is 5.05. The minimum atomic E-state index is -0.743. The Bertz CT molecular complexity index is 996. The number of carbonyl (C=O) groups is 2. The van der Waals surface area contributed by atoms with Gasteiger partial charge in [0.05, 0.1) is 0 Å². The minimum absolute atomic E-state index is 0.111. The van der Waals surface area contributed by atoms with Crippen molar-refractivity contribution in [1.82, 2.24) is 15.4 Å². The van der Waals surface area contributed by atoms with Crippen LogP contribution in [-0.4, -0.2) is 22.5 Å². The molecule has 1 aromatic heterocycles. The van der Waals surface area contributed by atoms with E-state index in [0.29, 0.717) is 11.7 Å². The van der Waals surface area contributed by atoms with E-state index >= 15 is 0 Å². The van der Waals surface area contributed by atoms with E-state index in [4.69, 9.17) is 4.74 Å². The van der Waals surface area contributed by atoms with Crippen LogP contribution in [0.1, 0.15) is 38.7 Å². The summed E-state index contributed by atoms with van der Waals surface area (Å²) in [4.78, 5) is 24.6. The van der Waals surface area contributed by atoms with Gasteiger partial charge in [0.1, 0.15) is 12.3 Å². The van der Waals surface area contributed by atoms with Crippen LogP contribution in [0.15, 0.2) is 60.8 Å². The second-order valence-corrected chi connectivity index (χ2v) is 7.15. The number of rotatable bonds is 7. The zero-order chi connectivity index (χ0) is 20.8. The lowest BCUT2D eigenvalue weighted by Crippen LogP contribution is -2.48. The van der Waals surface area contributed by atoms with Gasteiger partial charge in [-0.3, -0.25) is 20.4 Å². The average Bonchev–Trinajstić information content (AvgIpc) is 3.14. The number of fused-ring (bicyclic) bond motifs is 1. The number of ether oxygens (including phenoxy) is 1. The highest BCUT2D eigenvalue weighted by molar-refractivity contribution is 5.86. The van der Waals surface area contributed by atoms with Crippen LogP contribution < -0.4 is 15.6 Å². The van der Waals surface area contributed by atoms with E-state index < -0.39 is 12.0 Å². The Morgan fingerprint density at radius 2 is 1.72 bits per heavy atom. The molecule has 0 aliphatic carbocycles. The largest absolute Gasteiger partial charge is 0.481 e. The molecule has 152 valence electrons. The maximum absolute atomic E-state index is 12.4. The van der Waals surface area contributed by atoms with Gasteiger partial charge in [0.15, 0.2) is 6.10 Å². The van der Waals surface area contributed by atoms with E-state index in [1.54, 1.807) is 6.92 Å². The number of nitrogens with zero attached hydrogens (tertiary/aromatic N) is 1. The van der Waals surface area contributed by atoms with E-state index in [-0.39, 0.29) is 12.5 Å². The van der Waals surface area contributed by atoms with E-state index in [1.165, 1.54) is 0 Å². The topological polar surface area (TPSA) is 72.4 Å². The molecule has 29 heavy (non-hydrogen) atoms. The highest BCUT2D eigenvalue weighted by Gasteiger charge is 2.18. The summed E-state index contributed by atoms with van der Waals surface area (Å²) in [6, 6.07) is 17.5. The van der Waals surface area contributed by atoms with Crippen molar-refractivity contribution in [2.24, 2.45) is 0 Å². The lowest BCUT2D eigenvalue weighted by Gasteiger charge is -2.19. The maximum Gasteiger partial charge on any atom is 0.279 e. The predicted octanol–water partition coefficient (Wildman–Crippen LogP) is 3.77. The summed E-state index contributed by atoms with van der Waals surface area (Å²) >= 11 is 0. The zero-order valence-corrected chi connectivity index (χ0v) is 17.0. The van der Waals surface area contributed by atoms with Crippen LogP contribution in [0.5, 0.6) is 5.75 Å². The Balaban J connectivity index is 1.54. The van der Waals surface area contributed by atoms with Crippen LogP contribution in [0.2, 0.25) is 0 Å². The fourth-order valence-corrected chi connectivity index (χ4v) is 3.16. The van der Waals surface area contributed by atoms with E-state index in [1.807, 2.05) is 65.4 Å². The van der Waals surface area contributed by atoms with Crippen LogP contribution in [-0.2, 0) is 16.1 Å². The molecule has 3 rings (SSSR count). The molecule has 1 heterocycles. The average molecular weight is 393 g/mol. The van der Waals surface area contributed by atoms with Gasteiger partial charge in [0, 0.05) is 11.7 Å². The number of carbonyl (C=O) groups excluding carboxylic acids is 2. The fraction of sp³-hybridized carbons (Fsp3) is 0.304. The standard InChI is InChI=1S/C23H27N3O3/c1-4-16(2)19-10-6-8-12-21(19)29-17(3)23(28)25-24-22(27)15-26-14-13-18-9-5-7-11-20(18)26/h5-14,16-17H,4,15H2,1-3H3,(H,24,27)(H,25,28). The van der Waals surface area contributed by atoms with Crippen molar-refractivity contribution in [3.05, 3.63) is 66.4 Å². The Hall–Kier alpha value is -3.28. The summed E-state index contributed by atoms with van der Waals surface area (Å²) in [5, 5.41) is 1.06. The molecule has 3 aromatic rings. The SMILES string of the molecule is CCC(C)c1ccccc1OC(C)C(=O)NNC(=O)Cn1ccc2ccccc21. The first-order valence-corrected chi connectivity index (χ1v) is 9.87. The lowest BCUT2D eigenvalue weighted by atomic mass is 9.98. The van der Waals surface area contributed by atoms with Crippen molar-refractivity contribution in [2.45, 2.75) is 45.8 Å². The summed E-state index contributed by atoms with van der Waals surface area (Å²) in [5.41, 5.74) is 6.94. The molecular weight excluding hydrogens is 366 g/mol. The smallest absolute Gasteiger partial charge is 0.279 e. The van der Waals surface area contributed by atoms with Crippen molar-refractivity contribution in [2.75, 3.05) is 0 Å². The second kappa shape index (κ2) is 9.28. The Kier molecular flexibility index (Phi) is 6.54. The third-order valence-electron chi connectivity index (χ3n) is 5.05. The first-order valence-electron chi connectivity index (χ1n) is 9.87. The molecule has 2 aromatic carbocycles. The molecular formula is C23H27N3O3. The number of hydrogen-bond acceptors (Lipinski definition) is 3. The minimum Gasteiger partial charge on any atom is -0.481 e. The Morgan fingerprint density at radius 1 is 1.00 bits per heavy atom. The van der Waals surface area contributed by atoms with Gasteiger partial charge < -0.3 is 9.30 Å². The predicted molar refractivity (Wildman–Crippen MR) is 113 cm³/mol. The van der Waals surface area contributed by atoms with Crippen LogP contribution >= 0.6 is 0 Å². The van der Waals surface area contributed by atoms with E-state index in [9.17, 15) is 9.59 Å². The van der Waals surface area contributed by atoms with Crippen LogP contribution in [0.3, 0.4) is 0 Å². The van der Waals surface area contributed by atoms with Crippen molar-refractivity contribution in [1.29, 1.82) is 0 Å². The van der Waals surface area contributed by atoms with E-state index in [0.717, 1.165) is 22.9 Å². The molecule has 2 unspecified atom stereocenters. The van der Waals surface area contributed by atoms with Crippen molar-refractivity contribution in [3.63, 3.8) is 0 Å². The molecule has 0 saturated carbocycles. The van der Waals surface area contributed by atoms with Crippen molar-refractivity contribution in [3.8, 4) is 5.75 Å². The summed E-state index contributed by atoms with van der Waals surface area (Å²) in [6.07, 6.45) is 2.09. The van der Waals surface area contributed by atoms with Gasteiger partial charge in [-0.15, -0.1) is 0 Å². The van der Waals surface area contributed by atoms with Crippen molar-refractivity contribution >= 4 is 22.7 Å². The summed E-state index contributed by atoms with van der Waals surface area (Å²) in [7, 11) is 0. The van der Waals surface area contributed by atoms with Gasteiger partial charge in [-0.1, -0.05) is 50.2 Å². The van der Waals surface area contributed by atoms with Gasteiger partial charge in [-0.05, 0) is 48.4 Å². The van der Waals surface area contributed by atoms with Crippen molar-refractivity contribution < 1.29 is 14.3 Å². The first-order chi connectivity index (χ1) is 14.0. The van der Waals surface area contributed by atoms with Gasteiger partial charge in [-0.25, -0.2) is 0 Å². The molecule has 0 radical (unpaired) electrons. The zero-order valence-electron chi connectivity index (χ0n) is 17.0. The van der Waals surface area contributed by atoms with Gasteiger partial charge >= 0.3 is 0 Å². The molecule has 0 spiro atoms. The number of nitrogens with one attached hydrogen (secondary N) is 2. The molecule has 0 bridgehead atoms. The number of para-hydroxylation sites is 2. The normalized spacial score (nSPS) is 12.9. The maximum atomic E-state index is 12.4. The molecule has 0 saturated heterocycles. The number of benzene rings is 2. The lowest BCUT2D eigenvalue weighted by molar-refractivity contribution is -0.132. The number of hydrazine groups is 1. The highest BCUT2D eigenvalue weighted by Crippen LogP contribution is 2.29. The third kappa shape index (κ3) is 4.96. The fourth-order valence-electron chi connectivity index (χ4n) is 3.16. The molecule has 0 fully saturated rings. The van der Waals surface area contributed by atoms with Crippen LogP contribution in [0.25, 0.3) is 10.9 Å². The van der Waals surface area contributed by atoms with Gasteiger partial charge in [0.25, 0.3) is 11.8 Å². The molecule has 2 amide bonds. The second-order valence-electron chi connectivity index (χ2n) is 7.15. The van der Waals surface area contributed by atoms with Crippen LogP contribution in [0, 0.1) is 0 Å². The number of amides is 2. The van der Waals surface area contributed by atoms with Gasteiger partial charge in [0.2, 0.25) is 0 Å². The van der Waals surface area contributed by atoms with Crippen LogP contribution in [0.4, 0.5) is 0 Å². The first kappa shape index (κ1) is 20.5. The molecule has 2 N–H and O–H groups in total. The number of hydrogen-bond donors (Lipinski definition) is 2. The summed E-state index contributed by atoms with van der Waals surface area (Å²) in [6.45, 7) is 6.01. The molecule has 0 aliphatic rings. The molecule has 0 aliphatic heterocycles. The monoisotopic (exact) mass is 393 g/mol. The number of aromatic nitrogens is 1. The quantitative estimate of drug-likeness (QED) is 0.600. The highest BCUT2D eigenvalue weighted by atomic mass is 16.5. The van der Waals surface area contributed by atoms with E-state index in [2.05, 4.69) is 24.7 Å². The Morgan fingerprint density at radius 3 is 2.52 bits per heavy atom. The Labute approximate surface area is 170 Å². The molecule has 2 atom stereocenters. The summed E-state index contributed by atoms with van der Waals surface area (Å²) in [5.74, 6) is 0.300. The van der Waals surface area contributed by atoms with Gasteiger partial charge in [-0.2, -0.15) is 0 Å².